The first-order valence-corrected chi connectivity index (χ1v) is 10.5. The lowest BCUT2D eigenvalue weighted by Crippen LogP contribution is -2.38. The van der Waals surface area contributed by atoms with Gasteiger partial charge < -0.3 is 10.3 Å². The van der Waals surface area contributed by atoms with Crippen LogP contribution in [0.2, 0.25) is 0 Å². The molecule has 2 N–H and O–H groups in total. The highest BCUT2D eigenvalue weighted by molar-refractivity contribution is 5.92. The second-order valence-corrected chi connectivity index (χ2v) is 8.05. The van der Waals surface area contributed by atoms with Gasteiger partial charge in [-0.25, -0.2) is 9.67 Å². The molecule has 31 heavy (non-hydrogen) atoms. The molecule has 1 fully saturated rings. The van der Waals surface area contributed by atoms with E-state index in [-0.39, 0.29) is 11.8 Å². The fraction of sp³-hybridized carbons (Fsp3) is 0.318. The molecule has 1 saturated heterocycles. The van der Waals surface area contributed by atoms with E-state index in [1.807, 2.05) is 24.3 Å². The van der Waals surface area contributed by atoms with E-state index in [1.165, 1.54) is 11.9 Å². The molecule has 9 heteroatoms. The lowest BCUT2D eigenvalue weighted by molar-refractivity contribution is -0.121. The number of rotatable bonds is 5. The molecule has 0 saturated carbocycles. The summed E-state index contributed by atoms with van der Waals surface area (Å²) in [7, 11) is 0. The highest BCUT2D eigenvalue weighted by atomic mass is 16.1. The number of hydrogen-bond acceptors (Lipinski definition) is 6. The summed E-state index contributed by atoms with van der Waals surface area (Å²) >= 11 is 0. The monoisotopic (exact) mass is 416 g/mol. The predicted octanol–water partition coefficient (Wildman–Crippen LogP) is 2.70. The van der Waals surface area contributed by atoms with Gasteiger partial charge in [0, 0.05) is 11.6 Å². The summed E-state index contributed by atoms with van der Waals surface area (Å²) in [6, 6.07) is 13.7. The van der Waals surface area contributed by atoms with Gasteiger partial charge in [-0.3, -0.25) is 9.69 Å². The Morgan fingerprint density at radius 1 is 1.16 bits per heavy atom. The summed E-state index contributed by atoms with van der Waals surface area (Å²) in [6.45, 7) is 4.62. The van der Waals surface area contributed by atoms with Gasteiger partial charge in [-0.15, -0.1) is 5.10 Å². The third kappa shape index (κ3) is 4.31. The van der Waals surface area contributed by atoms with E-state index >= 15 is 0 Å². The number of likely N-dealkylation sites (tertiary alicyclic amines) is 1. The van der Waals surface area contributed by atoms with Crippen LogP contribution in [0.1, 0.15) is 24.2 Å². The number of aromatic nitrogens is 6. The van der Waals surface area contributed by atoms with Gasteiger partial charge in [-0.1, -0.05) is 6.07 Å². The Kier molecular flexibility index (Phi) is 5.17. The first kappa shape index (κ1) is 19.4. The number of piperidine rings is 1. The number of fused-ring (bicyclic) bond motifs is 1. The molecule has 4 aromatic rings. The van der Waals surface area contributed by atoms with E-state index < -0.39 is 0 Å². The topological polar surface area (TPSA) is 105 Å². The van der Waals surface area contributed by atoms with Crippen LogP contribution in [0.25, 0.3) is 16.7 Å². The van der Waals surface area contributed by atoms with Crippen molar-refractivity contribution in [1.82, 2.24) is 35.1 Å². The Balaban J connectivity index is 1.14. The van der Waals surface area contributed by atoms with E-state index in [2.05, 4.69) is 55.8 Å². The number of anilines is 1. The number of tetrazole rings is 1. The zero-order chi connectivity index (χ0) is 21.2. The van der Waals surface area contributed by atoms with Crippen LogP contribution in [0.5, 0.6) is 0 Å². The quantitative estimate of drug-likeness (QED) is 0.518. The van der Waals surface area contributed by atoms with Crippen molar-refractivity contribution >= 4 is 22.6 Å². The van der Waals surface area contributed by atoms with Crippen molar-refractivity contribution in [2.75, 3.05) is 18.4 Å². The molecule has 158 valence electrons. The van der Waals surface area contributed by atoms with Crippen LogP contribution in [0.4, 0.5) is 5.69 Å². The highest BCUT2D eigenvalue weighted by Gasteiger charge is 2.25. The molecule has 3 heterocycles. The molecule has 0 aliphatic carbocycles. The van der Waals surface area contributed by atoms with Crippen molar-refractivity contribution in [3.05, 3.63) is 60.2 Å². The number of aromatic amines is 1. The normalized spacial score (nSPS) is 15.4. The minimum atomic E-state index is 0.0220. The summed E-state index contributed by atoms with van der Waals surface area (Å²) in [5, 5.41) is 14.2. The standard InChI is InChI=1S/C22H24N8O/c1-15-2-7-19-20(12-15)26-21(25-19)13-29-10-8-16(9-11-29)22(31)24-17-3-5-18(6-4-17)30-14-23-27-28-30/h2-7,12,14,16H,8-11,13H2,1H3,(H,24,31)(H,25,26). The summed E-state index contributed by atoms with van der Waals surface area (Å²) in [4.78, 5) is 23.2. The number of benzene rings is 2. The van der Waals surface area contributed by atoms with Crippen LogP contribution in [-0.2, 0) is 11.3 Å². The molecule has 0 atom stereocenters. The average Bonchev–Trinajstić information content (AvgIpc) is 3.44. The van der Waals surface area contributed by atoms with E-state index in [1.54, 1.807) is 4.68 Å². The lowest BCUT2D eigenvalue weighted by Gasteiger charge is -2.30. The lowest BCUT2D eigenvalue weighted by atomic mass is 9.96. The van der Waals surface area contributed by atoms with E-state index in [4.69, 9.17) is 4.98 Å². The number of amides is 1. The third-order valence-corrected chi connectivity index (χ3v) is 5.77. The van der Waals surface area contributed by atoms with Gasteiger partial charge in [0.25, 0.3) is 0 Å². The van der Waals surface area contributed by atoms with Crippen LogP contribution in [0.3, 0.4) is 0 Å². The number of carbonyl (C=O) groups is 1. The summed E-state index contributed by atoms with van der Waals surface area (Å²) < 4.78 is 1.57. The minimum absolute atomic E-state index is 0.0220. The minimum Gasteiger partial charge on any atom is -0.341 e. The number of aryl methyl sites for hydroxylation is 1. The van der Waals surface area contributed by atoms with Gasteiger partial charge in [-0.2, -0.15) is 0 Å². The molecule has 5 rings (SSSR count). The number of hydrogen-bond donors (Lipinski definition) is 2. The molecule has 2 aromatic heterocycles. The van der Waals surface area contributed by atoms with E-state index in [0.717, 1.165) is 60.7 Å². The molecule has 0 unspecified atom stereocenters. The van der Waals surface area contributed by atoms with Crippen LogP contribution < -0.4 is 5.32 Å². The average molecular weight is 416 g/mol. The van der Waals surface area contributed by atoms with Gasteiger partial charge in [0.15, 0.2) is 0 Å². The number of nitrogens with one attached hydrogen (secondary N) is 2. The molecule has 1 aliphatic rings. The van der Waals surface area contributed by atoms with Gasteiger partial charge in [0.05, 0.1) is 23.3 Å². The van der Waals surface area contributed by atoms with Crippen LogP contribution in [-0.4, -0.2) is 54.1 Å². The largest absolute Gasteiger partial charge is 0.341 e. The molecule has 2 aromatic carbocycles. The number of nitrogens with zero attached hydrogens (tertiary/aromatic N) is 6. The molecule has 0 spiro atoms. The molecular weight excluding hydrogens is 392 g/mol. The smallest absolute Gasteiger partial charge is 0.227 e. The maximum atomic E-state index is 12.7. The predicted molar refractivity (Wildman–Crippen MR) is 117 cm³/mol. The van der Waals surface area contributed by atoms with Crippen molar-refractivity contribution in [1.29, 1.82) is 0 Å². The molecule has 1 aliphatic heterocycles. The zero-order valence-corrected chi connectivity index (χ0v) is 17.3. The van der Waals surface area contributed by atoms with E-state index in [9.17, 15) is 4.79 Å². The Morgan fingerprint density at radius 2 is 1.97 bits per heavy atom. The molecule has 9 nitrogen and oxygen atoms in total. The Hall–Kier alpha value is -3.59. The summed E-state index contributed by atoms with van der Waals surface area (Å²) in [6.07, 6.45) is 3.22. The SMILES string of the molecule is Cc1ccc2nc(CN3CCC(C(=O)Nc4ccc(-n5cnnn5)cc4)CC3)[nH]c2c1. The van der Waals surface area contributed by atoms with Crippen molar-refractivity contribution in [3.8, 4) is 5.69 Å². The Bertz CT molecular complexity index is 1170. The van der Waals surface area contributed by atoms with Gasteiger partial charge in [0.2, 0.25) is 5.91 Å². The van der Waals surface area contributed by atoms with Gasteiger partial charge >= 0.3 is 0 Å². The Labute approximate surface area is 179 Å². The van der Waals surface area contributed by atoms with Crippen LogP contribution in [0.15, 0.2) is 48.8 Å². The first-order valence-electron chi connectivity index (χ1n) is 10.5. The van der Waals surface area contributed by atoms with Crippen molar-refractivity contribution in [2.24, 2.45) is 5.92 Å². The zero-order valence-electron chi connectivity index (χ0n) is 17.3. The number of carbonyl (C=O) groups excluding carboxylic acids is 1. The van der Waals surface area contributed by atoms with Gasteiger partial charge in [-0.05, 0) is 85.2 Å². The number of H-pyrrole nitrogens is 1. The molecule has 0 radical (unpaired) electrons. The van der Waals surface area contributed by atoms with Crippen molar-refractivity contribution in [2.45, 2.75) is 26.3 Å². The maximum absolute atomic E-state index is 12.7. The van der Waals surface area contributed by atoms with Crippen LogP contribution >= 0.6 is 0 Å². The van der Waals surface area contributed by atoms with E-state index in [0.29, 0.717) is 0 Å². The summed E-state index contributed by atoms with van der Waals surface area (Å²) in [5.74, 6) is 1.08. The molecular formula is C22H24N8O. The Morgan fingerprint density at radius 3 is 2.71 bits per heavy atom. The third-order valence-electron chi connectivity index (χ3n) is 5.77. The first-order chi connectivity index (χ1) is 15.1. The summed E-state index contributed by atoms with van der Waals surface area (Å²) in [5.41, 5.74) is 4.93. The highest BCUT2D eigenvalue weighted by Crippen LogP contribution is 2.22. The fourth-order valence-electron chi connectivity index (χ4n) is 4.04. The van der Waals surface area contributed by atoms with Gasteiger partial charge in [0.1, 0.15) is 12.2 Å². The number of imidazole rings is 1. The van der Waals surface area contributed by atoms with Crippen molar-refractivity contribution < 1.29 is 4.79 Å². The second kappa shape index (κ2) is 8.27. The van der Waals surface area contributed by atoms with Crippen molar-refractivity contribution in [3.63, 3.8) is 0 Å². The fourth-order valence-corrected chi connectivity index (χ4v) is 4.04. The molecule has 0 bridgehead atoms. The molecule has 1 amide bonds. The maximum Gasteiger partial charge on any atom is 0.227 e. The second-order valence-electron chi connectivity index (χ2n) is 8.05. The van der Waals surface area contributed by atoms with Crippen LogP contribution in [0, 0.1) is 12.8 Å².